The number of anilines is 2. The minimum Gasteiger partial charge on any atom is -0.373 e. The highest BCUT2D eigenvalue weighted by atomic mass is 16.2. The van der Waals surface area contributed by atoms with Crippen molar-refractivity contribution >= 4 is 17.5 Å². The van der Waals surface area contributed by atoms with E-state index in [1.54, 1.807) is 19.0 Å². The molecule has 0 aliphatic carbocycles. The van der Waals surface area contributed by atoms with Gasteiger partial charge in [0.25, 0.3) is 0 Å². The minimum absolute atomic E-state index is 0.00937. The van der Waals surface area contributed by atoms with E-state index in [1.807, 2.05) is 27.8 Å². The van der Waals surface area contributed by atoms with Crippen molar-refractivity contribution in [1.29, 1.82) is 0 Å². The zero-order chi connectivity index (χ0) is 14.6. The molecule has 0 saturated carbocycles. The first kappa shape index (κ1) is 15.2. The van der Waals surface area contributed by atoms with Gasteiger partial charge in [0, 0.05) is 32.6 Å². The number of nitrogens with one attached hydrogen (secondary N) is 2. The maximum absolute atomic E-state index is 11.6. The summed E-state index contributed by atoms with van der Waals surface area (Å²) in [5.41, 5.74) is 0.915. The summed E-state index contributed by atoms with van der Waals surface area (Å²) in [7, 11) is 5.29. The summed E-state index contributed by atoms with van der Waals surface area (Å²) in [6.45, 7) is 6.24. The summed E-state index contributed by atoms with van der Waals surface area (Å²) < 4.78 is 0. The van der Waals surface area contributed by atoms with Gasteiger partial charge in [-0.3, -0.25) is 4.79 Å². The number of hydrogen-bond acceptors (Lipinski definition) is 5. The van der Waals surface area contributed by atoms with Crippen molar-refractivity contribution in [3.05, 3.63) is 11.4 Å². The Morgan fingerprint density at radius 1 is 1.26 bits per heavy atom. The number of likely N-dealkylation sites (N-methyl/N-ethyl adjacent to an activating group) is 1. The average molecular weight is 265 g/mol. The second-order valence-electron chi connectivity index (χ2n) is 4.95. The Balaban J connectivity index is 2.98. The van der Waals surface area contributed by atoms with E-state index in [2.05, 4.69) is 20.6 Å². The molecule has 0 spiro atoms. The molecule has 2 N–H and O–H groups in total. The number of aromatic nitrogens is 2. The Labute approximate surface area is 114 Å². The fourth-order valence-corrected chi connectivity index (χ4v) is 1.53. The monoisotopic (exact) mass is 265 g/mol. The summed E-state index contributed by atoms with van der Waals surface area (Å²) in [5.74, 6) is 2.50. The van der Waals surface area contributed by atoms with Crippen molar-refractivity contribution in [1.82, 2.24) is 14.9 Å². The first-order valence-corrected chi connectivity index (χ1v) is 6.37. The molecule has 0 aromatic carbocycles. The lowest BCUT2D eigenvalue weighted by molar-refractivity contribution is -0.126. The van der Waals surface area contributed by atoms with Crippen LogP contribution < -0.4 is 10.6 Å². The molecule has 1 aromatic heterocycles. The third kappa shape index (κ3) is 3.81. The molecule has 0 aliphatic rings. The molecule has 0 saturated heterocycles. The molecule has 0 fully saturated rings. The van der Waals surface area contributed by atoms with E-state index in [0.717, 1.165) is 17.2 Å². The van der Waals surface area contributed by atoms with Crippen molar-refractivity contribution in [2.45, 2.75) is 26.7 Å². The largest absolute Gasteiger partial charge is 0.373 e. The predicted molar refractivity (Wildman–Crippen MR) is 77.6 cm³/mol. The second kappa shape index (κ2) is 6.36. The summed E-state index contributed by atoms with van der Waals surface area (Å²) in [4.78, 5) is 22.1. The van der Waals surface area contributed by atoms with Crippen LogP contribution in [0.15, 0.2) is 0 Å². The molecule has 1 rings (SSSR count). The van der Waals surface area contributed by atoms with Gasteiger partial charge >= 0.3 is 0 Å². The fraction of sp³-hybridized carbons (Fsp3) is 0.615. The van der Waals surface area contributed by atoms with Crippen LogP contribution in [-0.4, -0.2) is 48.5 Å². The van der Waals surface area contributed by atoms with Crippen molar-refractivity contribution in [3.63, 3.8) is 0 Å². The molecular formula is C13H23N5O. The minimum atomic E-state index is 0.00937. The number of hydrogen-bond donors (Lipinski definition) is 2. The van der Waals surface area contributed by atoms with Gasteiger partial charge in [0.05, 0.1) is 6.54 Å². The van der Waals surface area contributed by atoms with Gasteiger partial charge in [-0.1, -0.05) is 13.8 Å². The fourth-order valence-electron chi connectivity index (χ4n) is 1.53. The van der Waals surface area contributed by atoms with E-state index in [-0.39, 0.29) is 18.4 Å². The quantitative estimate of drug-likeness (QED) is 0.843. The predicted octanol–water partition coefficient (Wildman–Crippen LogP) is 1.45. The SMILES string of the molecule is CNc1nc(C(C)C)nc(NCC(=O)N(C)C)c1C. The smallest absolute Gasteiger partial charge is 0.241 e. The molecule has 0 atom stereocenters. The van der Waals surface area contributed by atoms with Crippen molar-refractivity contribution in [2.75, 3.05) is 38.3 Å². The molecule has 1 amide bonds. The van der Waals surface area contributed by atoms with Crippen molar-refractivity contribution in [2.24, 2.45) is 0 Å². The van der Waals surface area contributed by atoms with Gasteiger partial charge in [-0.25, -0.2) is 9.97 Å². The molecule has 1 heterocycles. The van der Waals surface area contributed by atoms with E-state index < -0.39 is 0 Å². The van der Waals surface area contributed by atoms with Crippen molar-refractivity contribution < 1.29 is 4.79 Å². The number of nitrogens with zero attached hydrogens (tertiary/aromatic N) is 3. The van der Waals surface area contributed by atoms with Gasteiger partial charge in [0.1, 0.15) is 17.5 Å². The zero-order valence-corrected chi connectivity index (χ0v) is 12.5. The number of rotatable bonds is 5. The Hall–Kier alpha value is -1.85. The van der Waals surface area contributed by atoms with Crippen LogP contribution >= 0.6 is 0 Å². The summed E-state index contributed by atoms with van der Waals surface area (Å²) >= 11 is 0. The lowest BCUT2D eigenvalue weighted by Gasteiger charge is -2.16. The number of amides is 1. The lowest BCUT2D eigenvalue weighted by Crippen LogP contribution is -2.29. The molecule has 0 unspecified atom stereocenters. The highest BCUT2D eigenvalue weighted by molar-refractivity contribution is 5.80. The van der Waals surface area contributed by atoms with E-state index >= 15 is 0 Å². The second-order valence-corrected chi connectivity index (χ2v) is 4.95. The Kier molecular flexibility index (Phi) is 5.09. The summed E-state index contributed by atoms with van der Waals surface area (Å²) in [6.07, 6.45) is 0. The Morgan fingerprint density at radius 3 is 2.32 bits per heavy atom. The highest BCUT2D eigenvalue weighted by Crippen LogP contribution is 2.22. The first-order valence-electron chi connectivity index (χ1n) is 6.37. The van der Waals surface area contributed by atoms with E-state index in [0.29, 0.717) is 5.82 Å². The van der Waals surface area contributed by atoms with Crippen LogP contribution in [0.25, 0.3) is 0 Å². The molecule has 19 heavy (non-hydrogen) atoms. The summed E-state index contributed by atoms with van der Waals surface area (Å²) in [5, 5.41) is 6.14. The summed E-state index contributed by atoms with van der Waals surface area (Å²) in [6, 6.07) is 0. The Morgan fingerprint density at radius 2 is 1.84 bits per heavy atom. The van der Waals surface area contributed by atoms with E-state index in [1.165, 1.54) is 0 Å². The van der Waals surface area contributed by atoms with Crippen LogP contribution in [0.1, 0.15) is 31.2 Å². The van der Waals surface area contributed by atoms with Gasteiger partial charge in [-0.2, -0.15) is 0 Å². The molecule has 106 valence electrons. The number of carbonyl (C=O) groups excluding carboxylic acids is 1. The lowest BCUT2D eigenvalue weighted by atomic mass is 10.2. The van der Waals surface area contributed by atoms with Crippen LogP contribution in [0, 0.1) is 6.92 Å². The highest BCUT2D eigenvalue weighted by Gasteiger charge is 2.13. The van der Waals surface area contributed by atoms with Crippen LogP contribution in [0.2, 0.25) is 0 Å². The van der Waals surface area contributed by atoms with Crippen LogP contribution in [0.5, 0.6) is 0 Å². The average Bonchev–Trinajstić information content (AvgIpc) is 2.36. The maximum Gasteiger partial charge on any atom is 0.241 e. The van der Waals surface area contributed by atoms with Crippen LogP contribution in [0.4, 0.5) is 11.6 Å². The Bertz CT molecular complexity index is 457. The van der Waals surface area contributed by atoms with Crippen LogP contribution in [0.3, 0.4) is 0 Å². The van der Waals surface area contributed by atoms with Crippen molar-refractivity contribution in [3.8, 4) is 0 Å². The molecule has 6 nitrogen and oxygen atoms in total. The molecule has 6 heteroatoms. The van der Waals surface area contributed by atoms with Gasteiger partial charge in [0.15, 0.2) is 0 Å². The molecule has 1 aromatic rings. The van der Waals surface area contributed by atoms with E-state index in [9.17, 15) is 4.79 Å². The number of carbonyl (C=O) groups is 1. The molecule has 0 radical (unpaired) electrons. The third-order valence-corrected chi connectivity index (χ3v) is 2.82. The van der Waals surface area contributed by atoms with E-state index in [4.69, 9.17) is 0 Å². The van der Waals surface area contributed by atoms with Gasteiger partial charge in [0.2, 0.25) is 5.91 Å². The molecule has 0 aliphatic heterocycles. The van der Waals surface area contributed by atoms with Gasteiger partial charge < -0.3 is 15.5 Å². The van der Waals surface area contributed by atoms with Gasteiger partial charge in [-0.05, 0) is 6.92 Å². The van der Waals surface area contributed by atoms with Gasteiger partial charge in [-0.15, -0.1) is 0 Å². The first-order chi connectivity index (χ1) is 8.86. The molecular weight excluding hydrogens is 242 g/mol. The normalized spacial score (nSPS) is 10.5. The third-order valence-electron chi connectivity index (χ3n) is 2.82. The maximum atomic E-state index is 11.6. The van der Waals surface area contributed by atoms with Crippen LogP contribution in [-0.2, 0) is 4.79 Å². The zero-order valence-electron chi connectivity index (χ0n) is 12.5. The standard InChI is InChI=1S/C13H23N5O/c1-8(2)11-16-12(14-4)9(3)13(17-11)15-7-10(19)18(5)6/h8H,7H2,1-6H3,(H2,14,15,16,17). The topological polar surface area (TPSA) is 70.1 Å². The molecule has 0 bridgehead atoms.